The highest BCUT2D eigenvalue weighted by Gasteiger charge is 2.20. The van der Waals surface area contributed by atoms with Crippen LogP contribution in [0.15, 0.2) is 16.7 Å². The van der Waals surface area contributed by atoms with Crippen LogP contribution >= 0.6 is 0 Å². The van der Waals surface area contributed by atoms with Crippen LogP contribution in [0.25, 0.3) is 0 Å². The topological polar surface area (TPSA) is 74.3 Å². The summed E-state index contributed by atoms with van der Waals surface area (Å²) in [5.41, 5.74) is 3.05. The molecule has 0 aliphatic carbocycles. The number of Topliss-reactive ketones (excluding diaryl/α,β-unsaturated/α-hetero) is 1. The van der Waals surface area contributed by atoms with E-state index in [4.69, 9.17) is 9.26 Å². The molecule has 22 heavy (non-hydrogen) atoms. The fourth-order valence-electron chi connectivity index (χ4n) is 2.59. The first-order chi connectivity index (χ1) is 10.3. The number of rotatable bonds is 5. The van der Waals surface area contributed by atoms with E-state index in [1.54, 1.807) is 6.92 Å². The van der Waals surface area contributed by atoms with Gasteiger partial charge in [-0.1, -0.05) is 5.16 Å². The molecule has 0 atom stereocenters. The number of hydrogen-bond donors (Lipinski definition) is 0. The van der Waals surface area contributed by atoms with E-state index in [2.05, 4.69) is 23.6 Å². The third kappa shape index (κ3) is 3.10. The van der Waals surface area contributed by atoms with Crippen molar-refractivity contribution in [3.63, 3.8) is 0 Å². The van der Waals surface area contributed by atoms with Crippen LogP contribution in [0.4, 0.5) is 0 Å². The van der Waals surface area contributed by atoms with Crippen LogP contribution in [-0.2, 0) is 4.74 Å². The maximum Gasteiger partial charge on any atom is 0.377 e. The van der Waals surface area contributed by atoms with E-state index >= 15 is 0 Å². The highest BCUT2D eigenvalue weighted by Crippen LogP contribution is 2.20. The van der Waals surface area contributed by atoms with E-state index in [9.17, 15) is 9.59 Å². The van der Waals surface area contributed by atoms with Crippen LogP contribution in [0, 0.1) is 20.8 Å². The zero-order chi connectivity index (χ0) is 16.4. The summed E-state index contributed by atoms with van der Waals surface area (Å²) >= 11 is 0. The fourth-order valence-corrected chi connectivity index (χ4v) is 2.59. The van der Waals surface area contributed by atoms with Crippen molar-refractivity contribution in [2.75, 3.05) is 6.61 Å². The van der Waals surface area contributed by atoms with Crippen LogP contribution in [0.1, 0.15) is 57.9 Å². The number of ketones is 1. The monoisotopic (exact) mass is 304 g/mol. The number of aromatic nitrogens is 2. The van der Waals surface area contributed by atoms with Gasteiger partial charge in [0.25, 0.3) is 0 Å². The molecule has 2 heterocycles. The molecule has 0 aliphatic rings. The summed E-state index contributed by atoms with van der Waals surface area (Å²) in [5, 5.41) is 3.61. The van der Waals surface area contributed by atoms with E-state index in [1.165, 1.54) is 6.07 Å². The van der Waals surface area contributed by atoms with Gasteiger partial charge in [0.1, 0.15) is 0 Å². The van der Waals surface area contributed by atoms with Crippen molar-refractivity contribution in [3.8, 4) is 0 Å². The predicted octanol–water partition coefficient (Wildman–Crippen LogP) is 3.02. The van der Waals surface area contributed by atoms with Gasteiger partial charge in [0.2, 0.25) is 11.5 Å². The molecular formula is C16H20N2O4. The normalized spacial score (nSPS) is 11.0. The number of esters is 1. The third-order valence-corrected chi connectivity index (χ3v) is 3.46. The second-order valence-corrected chi connectivity index (χ2v) is 5.58. The molecule has 0 saturated heterocycles. The molecule has 118 valence electrons. The first-order valence-electron chi connectivity index (χ1n) is 7.13. The molecule has 6 heteroatoms. The Bertz CT molecular complexity index is 710. The van der Waals surface area contributed by atoms with Crippen LogP contribution in [-0.4, -0.2) is 28.1 Å². The lowest BCUT2D eigenvalue weighted by atomic mass is 10.1. The molecule has 0 bridgehead atoms. The maximum atomic E-state index is 12.3. The zero-order valence-corrected chi connectivity index (χ0v) is 13.5. The Hall–Kier alpha value is -2.37. The number of carbonyl (C=O) groups excluding carboxylic acids is 2. The highest BCUT2D eigenvalue weighted by atomic mass is 16.6. The zero-order valence-electron chi connectivity index (χ0n) is 13.5. The quantitative estimate of drug-likeness (QED) is 0.627. The maximum absolute atomic E-state index is 12.3. The second kappa shape index (κ2) is 6.17. The second-order valence-electron chi connectivity index (χ2n) is 5.58. The minimum absolute atomic E-state index is 0.00190. The van der Waals surface area contributed by atoms with E-state index < -0.39 is 5.97 Å². The van der Waals surface area contributed by atoms with Crippen molar-refractivity contribution in [2.45, 2.75) is 40.7 Å². The molecule has 6 nitrogen and oxygen atoms in total. The van der Waals surface area contributed by atoms with Gasteiger partial charge in [-0.2, -0.15) is 0 Å². The molecule has 0 amide bonds. The lowest BCUT2D eigenvalue weighted by molar-refractivity contribution is 0.0435. The van der Waals surface area contributed by atoms with Gasteiger partial charge < -0.3 is 13.8 Å². The summed E-state index contributed by atoms with van der Waals surface area (Å²) in [7, 11) is 0. The Labute approximate surface area is 129 Å². The Morgan fingerprint density at radius 3 is 2.45 bits per heavy atom. The Balaban J connectivity index is 2.07. The largest absolute Gasteiger partial charge is 0.451 e. The van der Waals surface area contributed by atoms with E-state index in [-0.39, 0.29) is 24.2 Å². The molecule has 0 aromatic carbocycles. The van der Waals surface area contributed by atoms with Crippen LogP contribution in [0.3, 0.4) is 0 Å². The summed E-state index contributed by atoms with van der Waals surface area (Å²) in [5.74, 6) is -0.922. The summed E-state index contributed by atoms with van der Waals surface area (Å²) in [4.78, 5) is 24.0. The first-order valence-corrected chi connectivity index (χ1v) is 7.13. The molecule has 0 unspecified atom stereocenters. The van der Waals surface area contributed by atoms with Gasteiger partial charge in [-0.15, -0.1) is 0 Å². The summed E-state index contributed by atoms with van der Waals surface area (Å²) < 4.78 is 11.9. The van der Waals surface area contributed by atoms with Crippen LogP contribution in [0.5, 0.6) is 0 Å². The highest BCUT2D eigenvalue weighted by molar-refractivity contribution is 6.00. The molecule has 2 rings (SSSR count). The predicted molar refractivity (Wildman–Crippen MR) is 80.1 cm³/mol. The van der Waals surface area contributed by atoms with Crippen LogP contribution in [0.2, 0.25) is 0 Å². The lowest BCUT2D eigenvalue weighted by Crippen LogP contribution is -2.15. The fraction of sp³-hybridized carbons (Fsp3) is 0.438. The SMILES string of the molecule is Cc1cc(C(=O)OCC(=O)c2cc(C)n(C(C)C)c2C)on1. The van der Waals surface area contributed by atoms with E-state index in [0.29, 0.717) is 11.3 Å². The van der Waals surface area contributed by atoms with Crippen molar-refractivity contribution >= 4 is 11.8 Å². The molecule has 0 N–H and O–H groups in total. The number of carbonyl (C=O) groups is 2. The smallest absolute Gasteiger partial charge is 0.377 e. The molecular weight excluding hydrogens is 284 g/mol. The molecule has 2 aromatic rings. The van der Waals surface area contributed by atoms with Gasteiger partial charge in [0.15, 0.2) is 6.61 Å². The Morgan fingerprint density at radius 2 is 1.95 bits per heavy atom. The average Bonchev–Trinajstić information content (AvgIpc) is 2.99. The number of nitrogens with zero attached hydrogens (tertiary/aromatic N) is 2. The molecule has 0 fully saturated rings. The van der Waals surface area contributed by atoms with E-state index in [1.807, 2.05) is 19.9 Å². The summed E-state index contributed by atoms with van der Waals surface area (Å²) in [6, 6.07) is 3.56. The van der Waals surface area contributed by atoms with Gasteiger partial charge in [-0.3, -0.25) is 4.79 Å². The molecule has 0 aliphatic heterocycles. The first kappa shape index (κ1) is 16.0. The van der Waals surface area contributed by atoms with Gasteiger partial charge in [0, 0.05) is 29.1 Å². The Kier molecular flexibility index (Phi) is 4.49. The summed E-state index contributed by atoms with van der Waals surface area (Å²) in [6.07, 6.45) is 0. The van der Waals surface area contributed by atoms with Gasteiger partial charge in [0.05, 0.1) is 5.69 Å². The number of aryl methyl sites for hydroxylation is 2. The van der Waals surface area contributed by atoms with Crippen molar-refractivity contribution in [1.29, 1.82) is 0 Å². The third-order valence-electron chi connectivity index (χ3n) is 3.46. The standard InChI is InChI=1S/C16H20N2O4/c1-9(2)18-11(4)7-13(12(18)5)14(19)8-21-16(20)15-6-10(3)17-22-15/h6-7,9H,8H2,1-5H3. The Morgan fingerprint density at radius 1 is 1.27 bits per heavy atom. The minimum Gasteiger partial charge on any atom is -0.451 e. The van der Waals surface area contributed by atoms with Crippen molar-refractivity contribution < 1.29 is 18.8 Å². The van der Waals surface area contributed by atoms with Crippen molar-refractivity contribution in [1.82, 2.24) is 9.72 Å². The lowest BCUT2D eigenvalue weighted by Gasteiger charge is -2.13. The van der Waals surface area contributed by atoms with Crippen LogP contribution < -0.4 is 0 Å². The van der Waals surface area contributed by atoms with Gasteiger partial charge in [-0.05, 0) is 40.7 Å². The van der Waals surface area contributed by atoms with Gasteiger partial charge >= 0.3 is 5.97 Å². The van der Waals surface area contributed by atoms with E-state index in [0.717, 1.165) is 11.4 Å². The van der Waals surface area contributed by atoms with Gasteiger partial charge in [-0.25, -0.2) is 4.79 Å². The number of hydrogen-bond acceptors (Lipinski definition) is 5. The molecule has 0 spiro atoms. The average molecular weight is 304 g/mol. The molecule has 0 radical (unpaired) electrons. The number of ether oxygens (including phenoxy) is 1. The molecule has 2 aromatic heterocycles. The molecule has 0 saturated carbocycles. The van der Waals surface area contributed by atoms with Crippen molar-refractivity contribution in [3.05, 3.63) is 40.5 Å². The minimum atomic E-state index is -0.688. The summed E-state index contributed by atoms with van der Waals surface area (Å²) in [6.45, 7) is 9.34. The van der Waals surface area contributed by atoms with Crippen molar-refractivity contribution in [2.24, 2.45) is 0 Å².